The van der Waals surface area contributed by atoms with Crippen molar-refractivity contribution in [2.24, 2.45) is 0 Å². The van der Waals surface area contributed by atoms with Gasteiger partial charge in [-0.15, -0.1) is 0 Å². The molecule has 21 heavy (non-hydrogen) atoms. The summed E-state index contributed by atoms with van der Waals surface area (Å²) in [7, 11) is 0. The molecule has 1 aliphatic carbocycles. The number of rotatable bonds is 3. The Morgan fingerprint density at radius 1 is 1.24 bits per heavy atom. The molecule has 0 heterocycles. The van der Waals surface area contributed by atoms with E-state index >= 15 is 0 Å². The number of fused-ring (bicyclic) bond motifs is 1. The van der Waals surface area contributed by atoms with E-state index in [-0.39, 0.29) is 11.6 Å². The summed E-state index contributed by atoms with van der Waals surface area (Å²) in [6, 6.07) is 10.4. The summed E-state index contributed by atoms with van der Waals surface area (Å²) in [6.45, 7) is 0.267. The largest absolute Gasteiger partial charge is 0.489 e. The van der Waals surface area contributed by atoms with Gasteiger partial charge in [-0.05, 0) is 60.2 Å². The van der Waals surface area contributed by atoms with E-state index < -0.39 is 11.9 Å². The number of ether oxygens (including phenoxy) is 1. The van der Waals surface area contributed by atoms with Crippen molar-refractivity contribution in [1.82, 2.24) is 0 Å². The van der Waals surface area contributed by atoms with Crippen LogP contribution in [0.3, 0.4) is 0 Å². The van der Waals surface area contributed by atoms with Gasteiger partial charge < -0.3 is 9.84 Å². The molecule has 110 valence electrons. The van der Waals surface area contributed by atoms with E-state index in [9.17, 15) is 9.50 Å². The van der Waals surface area contributed by atoms with Crippen molar-refractivity contribution >= 4 is 11.6 Å². The van der Waals surface area contributed by atoms with Gasteiger partial charge in [0, 0.05) is 0 Å². The Labute approximate surface area is 128 Å². The number of benzene rings is 2. The average molecular weight is 307 g/mol. The van der Waals surface area contributed by atoms with Crippen LogP contribution in [0.1, 0.15) is 35.6 Å². The van der Waals surface area contributed by atoms with E-state index in [4.69, 9.17) is 16.3 Å². The van der Waals surface area contributed by atoms with Crippen molar-refractivity contribution in [3.63, 3.8) is 0 Å². The highest BCUT2D eigenvalue weighted by atomic mass is 35.5. The van der Waals surface area contributed by atoms with E-state index in [1.807, 2.05) is 18.2 Å². The molecule has 2 nitrogen and oxygen atoms in total. The molecule has 0 unspecified atom stereocenters. The van der Waals surface area contributed by atoms with Crippen molar-refractivity contribution in [2.75, 3.05) is 0 Å². The molecule has 1 atom stereocenters. The summed E-state index contributed by atoms with van der Waals surface area (Å²) in [4.78, 5) is 0. The number of halogens is 2. The molecule has 1 N–H and O–H groups in total. The number of hydrogen-bond donors (Lipinski definition) is 1. The third kappa shape index (κ3) is 3.20. The van der Waals surface area contributed by atoms with Crippen LogP contribution >= 0.6 is 11.6 Å². The molecule has 0 radical (unpaired) electrons. The number of aryl methyl sites for hydroxylation is 1. The second kappa shape index (κ2) is 6.04. The van der Waals surface area contributed by atoms with Gasteiger partial charge in [-0.3, -0.25) is 0 Å². The molecular weight excluding hydrogens is 291 g/mol. The molecular formula is C17H16ClFO2. The Morgan fingerprint density at radius 3 is 2.90 bits per heavy atom. The molecule has 0 saturated carbocycles. The van der Waals surface area contributed by atoms with Crippen LogP contribution in [-0.2, 0) is 13.0 Å². The summed E-state index contributed by atoms with van der Waals surface area (Å²) >= 11 is 5.65. The molecule has 0 aliphatic heterocycles. The molecule has 1 aliphatic rings. The Kier molecular flexibility index (Phi) is 4.13. The Hall–Kier alpha value is -1.58. The second-order valence-corrected chi connectivity index (χ2v) is 5.71. The van der Waals surface area contributed by atoms with Gasteiger partial charge in [-0.1, -0.05) is 23.7 Å². The minimum Gasteiger partial charge on any atom is -0.489 e. The van der Waals surface area contributed by atoms with Gasteiger partial charge in [0.25, 0.3) is 0 Å². The van der Waals surface area contributed by atoms with Gasteiger partial charge in [0.15, 0.2) is 0 Å². The summed E-state index contributed by atoms with van der Waals surface area (Å²) < 4.78 is 19.0. The Balaban J connectivity index is 1.73. The Bertz CT molecular complexity index is 657. The number of aliphatic hydroxyl groups excluding tert-OH is 1. The van der Waals surface area contributed by atoms with Gasteiger partial charge in [-0.25, -0.2) is 4.39 Å². The van der Waals surface area contributed by atoms with E-state index in [1.54, 1.807) is 6.07 Å². The highest BCUT2D eigenvalue weighted by Crippen LogP contribution is 2.32. The first-order valence-electron chi connectivity index (χ1n) is 7.01. The molecule has 0 saturated heterocycles. The van der Waals surface area contributed by atoms with Crippen LogP contribution < -0.4 is 4.74 Å². The molecule has 2 aromatic rings. The monoisotopic (exact) mass is 306 g/mol. The lowest BCUT2D eigenvalue weighted by atomic mass is 9.89. The normalized spacial score (nSPS) is 17.4. The summed E-state index contributed by atoms with van der Waals surface area (Å²) in [5, 5.41) is 10.1. The zero-order chi connectivity index (χ0) is 14.8. The summed E-state index contributed by atoms with van der Waals surface area (Å²) in [6.07, 6.45) is 2.39. The van der Waals surface area contributed by atoms with E-state index in [2.05, 4.69) is 0 Å². The van der Waals surface area contributed by atoms with Crippen LogP contribution in [0.15, 0.2) is 36.4 Å². The van der Waals surface area contributed by atoms with Gasteiger partial charge in [0.2, 0.25) is 0 Å². The standard InChI is InChI=1S/C17H16ClFO2/c18-15-7-4-11(8-16(15)19)10-21-13-6-5-12-2-1-3-17(20)14(12)9-13/h4-9,17,20H,1-3,10H2/t17-/m0/s1. The predicted molar refractivity (Wildman–Crippen MR) is 80.1 cm³/mol. The highest BCUT2D eigenvalue weighted by Gasteiger charge is 2.18. The van der Waals surface area contributed by atoms with E-state index in [0.29, 0.717) is 5.75 Å². The van der Waals surface area contributed by atoms with Crippen LogP contribution in [-0.4, -0.2) is 5.11 Å². The third-order valence-corrected chi connectivity index (χ3v) is 4.10. The van der Waals surface area contributed by atoms with Crippen LogP contribution in [0.2, 0.25) is 5.02 Å². The predicted octanol–water partition coefficient (Wildman–Crippen LogP) is 4.43. The average Bonchev–Trinajstić information content (AvgIpc) is 2.49. The maximum Gasteiger partial charge on any atom is 0.142 e. The third-order valence-electron chi connectivity index (χ3n) is 3.79. The first-order chi connectivity index (χ1) is 10.1. The van der Waals surface area contributed by atoms with Crippen LogP contribution in [0.4, 0.5) is 4.39 Å². The van der Waals surface area contributed by atoms with Crippen molar-refractivity contribution in [3.8, 4) is 5.75 Å². The van der Waals surface area contributed by atoms with Crippen LogP contribution in [0, 0.1) is 5.82 Å². The lowest BCUT2D eigenvalue weighted by Crippen LogP contribution is -2.09. The van der Waals surface area contributed by atoms with Gasteiger partial charge in [0.1, 0.15) is 18.2 Å². The fourth-order valence-corrected chi connectivity index (χ4v) is 2.76. The van der Waals surface area contributed by atoms with Crippen molar-refractivity contribution < 1.29 is 14.2 Å². The smallest absolute Gasteiger partial charge is 0.142 e. The van der Waals surface area contributed by atoms with Crippen molar-refractivity contribution in [3.05, 3.63) is 63.9 Å². The van der Waals surface area contributed by atoms with E-state index in [0.717, 1.165) is 30.4 Å². The first-order valence-corrected chi connectivity index (χ1v) is 7.39. The van der Waals surface area contributed by atoms with Crippen LogP contribution in [0.5, 0.6) is 5.75 Å². The molecule has 0 bridgehead atoms. The highest BCUT2D eigenvalue weighted by molar-refractivity contribution is 6.30. The molecule has 0 spiro atoms. The maximum atomic E-state index is 13.4. The molecule has 2 aromatic carbocycles. The number of aliphatic hydroxyl groups is 1. The summed E-state index contributed by atoms with van der Waals surface area (Å²) in [5.41, 5.74) is 2.84. The Morgan fingerprint density at radius 2 is 2.10 bits per heavy atom. The zero-order valence-corrected chi connectivity index (χ0v) is 12.2. The quantitative estimate of drug-likeness (QED) is 0.909. The second-order valence-electron chi connectivity index (χ2n) is 5.31. The topological polar surface area (TPSA) is 29.5 Å². The molecule has 0 amide bonds. The van der Waals surface area contributed by atoms with Gasteiger partial charge in [0.05, 0.1) is 11.1 Å². The van der Waals surface area contributed by atoms with Crippen molar-refractivity contribution in [2.45, 2.75) is 32.0 Å². The fourth-order valence-electron chi connectivity index (χ4n) is 2.64. The maximum absolute atomic E-state index is 13.4. The van der Waals surface area contributed by atoms with Gasteiger partial charge >= 0.3 is 0 Å². The van der Waals surface area contributed by atoms with Crippen molar-refractivity contribution in [1.29, 1.82) is 0 Å². The van der Waals surface area contributed by atoms with Crippen LogP contribution in [0.25, 0.3) is 0 Å². The van der Waals surface area contributed by atoms with E-state index in [1.165, 1.54) is 17.7 Å². The zero-order valence-electron chi connectivity index (χ0n) is 11.5. The minimum atomic E-state index is -0.446. The summed E-state index contributed by atoms with van der Waals surface area (Å²) in [5.74, 6) is 0.240. The lowest BCUT2D eigenvalue weighted by Gasteiger charge is -2.22. The molecule has 4 heteroatoms. The fraction of sp³-hybridized carbons (Fsp3) is 0.294. The first kappa shape index (κ1) is 14.4. The number of hydrogen-bond acceptors (Lipinski definition) is 2. The minimum absolute atomic E-state index is 0.107. The lowest BCUT2D eigenvalue weighted by molar-refractivity contribution is 0.156. The molecule has 0 aromatic heterocycles. The SMILES string of the molecule is O[C@H]1CCCc2ccc(OCc3ccc(Cl)c(F)c3)cc21. The molecule has 0 fully saturated rings. The molecule has 3 rings (SSSR count). The van der Waals surface area contributed by atoms with Gasteiger partial charge in [-0.2, -0.15) is 0 Å².